The van der Waals surface area contributed by atoms with Crippen LogP contribution < -0.4 is 0 Å². The summed E-state index contributed by atoms with van der Waals surface area (Å²) < 4.78 is 5.22. The fourth-order valence-electron chi connectivity index (χ4n) is 2.09. The van der Waals surface area contributed by atoms with Crippen LogP contribution in [0.5, 0.6) is 0 Å². The summed E-state index contributed by atoms with van der Waals surface area (Å²) in [6.07, 6.45) is 2.43. The molecule has 0 unspecified atom stereocenters. The van der Waals surface area contributed by atoms with Crippen LogP contribution in [0.3, 0.4) is 0 Å². The van der Waals surface area contributed by atoms with Crippen molar-refractivity contribution in [1.82, 2.24) is 0 Å². The molecule has 2 rings (SSSR count). The molecule has 1 aromatic carbocycles. The van der Waals surface area contributed by atoms with Gasteiger partial charge in [-0.05, 0) is 24.0 Å². The van der Waals surface area contributed by atoms with Gasteiger partial charge in [0, 0.05) is 12.5 Å². The Hall–Kier alpha value is -1.35. The summed E-state index contributed by atoms with van der Waals surface area (Å²) >= 11 is 0. The van der Waals surface area contributed by atoms with E-state index in [0.717, 1.165) is 12.2 Å². The lowest BCUT2D eigenvalue weighted by Crippen LogP contribution is -2.14. The van der Waals surface area contributed by atoms with Gasteiger partial charge < -0.3 is 9.84 Å². The zero-order valence-corrected chi connectivity index (χ0v) is 9.40. The van der Waals surface area contributed by atoms with Crippen molar-refractivity contribution in [3.8, 4) is 0 Å². The lowest BCUT2D eigenvalue weighted by molar-refractivity contribution is -0.136. The largest absolute Gasteiger partial charge is 0.481 e. The second-order valence-corrected chi connectivity index (χ2v) is 4.48. The van der Waals surface area contributed by atoms with Crippen LogP contribution in [0.4, 0.5) is 0 Å². The Balaban J connectivity index is 2.10. The summed E-state index contributed by atoms with van der Waals surface area (Å²) in [5.41, 5.74) is 2.32. The van der Waals surface area contributed by atoms with Gasteiger partial charge in [0.2, 0.25) is 0 Å². The van der Waals surface area contributed by atoms with Gasteiger partial charge in [-0.15, -0.1) is 0 Å². The van der Waals surface area contributed by atoms with Gasteiger partial charge >= 0.3 is 5.97 Å². The van der Waals surface area contributed by atoms with Gasteiger partial charge in [0.05, 0.1) is 13.0 Å². The second kappa shape index (κ2) is 4.26. The van der Waals surface area contributed by atoms with Crippen molar-refractivity contribution in [1.29, 1.82) is 0 Å². The molecule has 0 saturated heterocycles. The van der Waals surface area contributed by atoms with E-state index < -0.39 is 5.97 Å². The van der Waals surface area contributed by atoms with Crippen molar-refractivity contribution in [3.05, 3.63) is 35.4 Å². The molecule has 1 aromatic rings. The molecule has 86 valence electrons. The minimum atomic E-state index is -0.786. The van der Waals surface area contributed by atoms with Crippen LogP contribution in [0, 0.1) is 0 Å². The maximum Gasteiger partial charge on any atom is 0.307 e. The predicted molar refractivity (Wildman–Crippen MR) is 60.6 cm³/mol. The van der Waals surface area contributed by atoms with Crippen LogP contribution >= 0.6 is 0 Å². The Kier molecular flexibility index (Phi) is 2.97. The molecule has 0 radical (unpaired) electrons. The quantitative estimate of drug-likeness (QED) is 0.825. The van der Waals surface area contributed by atoms with Crippen molar-refractivity contribution < 1.29 is 14.6 Å². The molecule has 0 heterocycles. The predicted octanol–water partition coefficient (Wildman–Crippen LogP) is 1.99. The van der Waals surface area contributed by atoms with E-state index in [1.54, 1.807) is 7.11 Å². The maximum atomic E-state index is 10.5. The Labute approximate surface area is 95.0 Å². The molecule has 3 heteroatoms. The highest BCUT2D eigenvalue weighted by Gasteiger charge is 2.44. The van der Waals surface area contributed by atoms with Crippen molar-refractivity contribution in [2.24, 2.45) is 0 Å². The fourth-order valence-corrected chi connectivity index (χ4v) is 2.09. The number of hydrogen-bond donors (Lipinski definition) is 1. The van der Waals surface area contributed by atoms with E-state index in [9.17, 15) is 4.79 Å². The van der Waals surface area contributed by atoms with E-state index >= 15 is 0 Å². The smallest absolute Gasteiger partial charge is 0.307 e. The summed E-state index contributed by atoms with van der Waals surface area (Å²) in [4.78, 5) is 10.5. The summed E-state index contributed by atoms with van der Waals surface area (Å²) in [7, 11) is 1.72. The maximum absolute atomic E-state index is 10.5. The highest BCUT2D eigenvalue weighted by Crippen LogP contribution is 2.48. The van der Waals surface area contributed by atoms with E-state index in [-0.39, 0.29) is 11.8 Å². The van der Waals surface area contributed by atoms with Gasteiger partial charge in [0.15, 0.2) is 0 Å². The zero-order chi connectivity index (χ0) is 11.6. The zero-order valence-electron chi connectivity index (χ0n) is 9.40. The highest BCUT2D eigenvalue weighted by atomic mass is 16.5. The van der Waals surface area contributed by atoms with Crippen LogP contribution in [-0.4, -0.2) is 24.8 Å². The number of aliphatic carboxylic acids is 1. The third kappa shape index (κ3) is 2.25. The van der Waals surface area contributed by atoms with Gasteiger partial charge in [0.25, 0.3) is 0 Å². The normalized spacial score (nSPS) is 17.1. The highest BCUT2D eigenvalue weighted by molar-refractivity contribution is 5.70. The lowest BCUT2D eigenvalue weighted by Gasteiger charge is -2.14. The molecule has 0 amide bonds. The molecular weight excluding hydrogens is 204 g/mol. The second-order valence-electron chi connectivity index (χ2n) is 4.48. The molecule has 1 fully saturated rings. The average Bonchev–Trinajstić information content (AvgIpc) is 2.99. The molecule has 1 aliphatic rings. The van der Waals surface area contributed by atoms with E-state index in [1.165, 1.54) is 18.4 Å². The Morgan fingerprint density at radius 1 is 1.38 bits per heavy atom. The Morgan fingerprint density at radius 3 is 2.44 bits per heavy atom. The van der Waals surface area contributed by atoms with Crippen LogP contribution in [-0.2, 0) is 21.4 Å². The first-order valence-electron chi connectivity index (χ1n) is 5.46. The molecule has 0 atom stereocenters. The fraction of sp³-hybridized carbons (Fsp3) is 0.462. The lowest BCUT2D eigenvalue weighted by atomic mass is 9.95. The molecule has 0 spiro atoms. The van der Waals surface area contributed by atoms with Crippen LogP contribution in [0.1, 0.15) is 24.0 Å². The van der Waals surface area contributed by atoms with Crippen molar-refractivity contribution >= 4 is 5.97 Å². The van der Waals surface area contributed by atoms with Gasteiger partial charge in [-0.3, -0.25) is 4.79 Å². The summed E-state index contributed by atoms with van der Waals surface area (Å²) in [6.45, 7) is 0.755. The van der Waals surface area contributed by atoms with Gasteiger partial charge in [0.1, 0.15) is 0 Å². The van der Waals surface area contributed by atoms with Crippen LogP contribution in [0.15, 0.2) is 24.3 Å². The van der Waals surface area contributed by atoms with Crippen molar-refractivity contribution in [3.63, 3.8) is 0 Å². The van der Waals surface area contributed by atoms with Crippen LogP contribution in [0.25, 0.3) is 0 Å². The molecule has 0 aromatic heterocycles. The molecule has 16 heavy (non-hydrogen) atoms. The van der Waals surface area contributed by atoms with Gasteiger partial charge in [-0.2, -0.15) is 0 Å². The van der Waals surface area contributed by atoms with E-state index in [2.05, 4.69) is 0 Å². The molecule has 3 nitrogen and oxygen atoms in total. The number of hydrogen-bond acceptors (Lipinski definition) is 2. The van der Waals surface area contributed by atoms with E-state index in [4.69, 9.17) is 9.84 Å². The number of carboxylic acids is 1. The van der Waals surface area contributed by atoms with E-state index in [0.29, 0.717) is 0 Å². The first kappa shape index (κ1) is 11.1. The number of ether oxygens (including phenoxy) is 1. The van der Waals surface area contributed by atoms with E-state index in [1.807, 2.05) is 24.3 Å². The van der Waals surface area contributed by atoms with Gasteiger partial charge in [-0.1, -0.05) is 24.3 Å². The number of rotatable bonds is 5. The third-order valence-electron chi connectivity index (χ3n) is 3.20. The molecule has 1 saturated carbocycles. The molecular formula is C13H16O3. The molecule has 1 N–H and O–H groups in total. The van der Waals surface area contributed by atoms with Crippen LogP contribution in [0.2, 0.25) is 0 Å². The number of carbonyl (C=O) groups is 1. The minimum Gasteiger partial charge on any atom is -0.481 e. The first-order chi connectivity index (χ1) is 7.66. The monoisotopic (exact) mass is 220 g/mol. The third-order valence-corrected chi connectivity index (χ3v) is 3.20. The number of benzene rings is 1. The summed E-state index contributed by atoms with van der Waals surface area (Å²) in [6, 6.07) is 7.87. The summed E-state index contributed by atoms with van der Waals surface area (Å²) in [5, 5.41) is 8.67. The van der Waals surface area contributed by atoms with Crippen molar-refractivity contribution in [2.45, 2.75) is 24.7 Å². The Bertz CT molecular complexity index is 377. The minimum absolute atomic E-state index is 0.0948. The van der Waals surface area contributed by atoms with Gasteiger partial charge in [-0.25, -0.2) is 0 Å². The average molecular weight is 220 g/mol. The first-order valence-corrected chi connectivity index (χ1v) is 5.46. The standard InChI is InChI=1S/C13H16O3/c1-16-9-13(6-7-13)11-4-2-10(3-5-11)8-12(14)15/h2-5H,6-9H2,1H3,(H,14,15). The molecule has 0 aliphatic heterocycles. The molecule has 0 bridgehead atoms. The Morgan fingerprint density at radius 2 is 2.00 bits per heavy atom. The van der Waals surface area contributed by atoms with Crippen molar-refractivity contribution in [2.75, 3.05) is 13.7 Å². The topological polar surface area (TPSA) is 46.5 Å². The molecule has 1 aliphatic carbocycles. The number of methoxy groups -OCH3 is 1. The SMILES string of the molecule is COCC1(c2ccc(CC(=O)O)cc2)CC1. The number of carboxylic acid groups (broad SMARTS) is 1. The summed E-state index contributed by atoms with van der Waals surface area (Å²) in [5.74, 6) is -0.786.